The molecule has 1 aromatic rings. The maximum Gasteiger partial charge on any atom is 0.338 e. The van der Waals surface area contributed by atoms with Crippen molar-refractivity contribution in [1.82, 2.24) is 4.98 Å². The van der Waals surface area contributed by atoms with Crippen LogP contribution in [0.4, 0.5) is 11.5 Å². The predicted octanol–water partition coefficient (Wildman–Crippen LogP) is 1.28. The van der Waals surface area contributed by atoms with Crippen molar-refractivity contribution in [3.8, 4) is 0 Å². The van der Waals surface area contributed by atoms with Crippen LogP contribution in [0.3, 0.4) is 0 Å². The number of nitrogens with one attached hydrogen (secondary N) is 1. The van der Waals surface area contributed by atoms with E-state index in [4.69, 9.17) is 5.73 Å². The van der Waals surface area contributed by atoms with Crippen LogP contribution in [-0.2, 0) is 12.8 Å². The van der Waals surface area contributed by atoms with E-state index in [-0.39, 0.29) is 11.3 Å². The molecular formula is C11H15N3O2. The minimum absolute atomic E-state index is 0.231. The van der Waals surface area contributed by atoms with Gasteiger partial charge in [0.25, 0.3) is 0 Å². The maximum absolute atomic E-state index is 11.2. The largest absolute Gasteiger partial charge is 0.478 e. The van der Waals surface area contributed by atoms with Gasteiger partial charge in [0, 0.05) is 12.7 Å². The first-order valence-corrected chi connectivity index (χ1v) is 5.37. The van der Waals surface area contributed by atoms with Crippen molar-refractivity contribution in [2.24, 2.45) is 0 Å². The van der Waals surface area contributed by atoms with E-state index < -0.39 is 5.97 Å². The molecule has 1 aliphatic rings. The van der Waals surface area contributed by atoms with Crippen molar-refractivity contribution >= 4 is 17.5 Å². The molecule has 0 bridgehead atoms. The monoisotopic (exact) mass is 221 g/mol. The Balaban J connectivity index is 2.67. The van der Waals surface area contributed by atoms with E-state index in [9.17, 15) is 9.90 Å². The van der Waals surface area contributed by atoms with E-state index >= 15 is 0 Å². The molecular weight excluding hydrogens is 206 g/mol. The lowest BCUT2D eigenvalue weighted by Gasteiger charge is -2.20. The molecule has 4 N–H and O–H groups in total. The van der Waals surface area contributed by atoms with Gasteiger partial charge in [-0.1, -0.05) is 0 Å². The number of aromatic carboxylic acids is 1. The van der Waals surface area contributed by atoms with Crippen molar-refractivity contribution in [2.45, 2.75) is 25.7 Å². The fourth-order valence-electron chi connectivity index (χ4n) is 2.19. The zero-order valence-corrected chi connectivity index (χ0v) is 9.21. The molecule has 0 fully saturated rings. The highest BCUT2D eigenvalue weighted by Crippen LogP contribution is 2.31. The van der Waals surface area contributed by atoms with Crippen LogP contribution in [-0.4, -0.2) is 23.1 Å². The molecule has 5 nitrogen and oxygen atoms in total. The summed E-state index contributed by atoms with van der Waals surface area (Å²) in [4.78, 5) is 15.6. The highest BCUT2D eigenvalue weighted by atomic mass is 16.4. The third-order valence-electron chi connectivity index (χ3n) is 2.96. The topological polar surface area (TPSA) is 88.2 Å². The van der Waals surface area contributed by atoms with Crippen molar-refractivity contribution in [3.63, 3.8) is 0 Å². The number of pyridine rings is 1. The number of nitrogens with two attached hydrogens (primary N) is 1. The van der Waals surface area contributed by atoms with Crippen molar-refractivity contribution in [3.05, 3.63) is 16.8 Å². The Morgan fingerprint density at radius 1 is 1.44 bits per heavy atom. The van der Waals surface area contributed by atoms with E-state index in [1.54, 1.807) is 7.05 Å². The Bertz CT molecular complexity index is 443. The number of rotatable bonds is 2. The first-order chi connectivity index (χ1) is 7.65. The molecule has 0 spiro atoms. The Hall–Kier alpha value is -1.78. The predicted molar refractivity (Wildman–Crippen MR) is 61.8 cm³/mol. The molecule has 1 aromatic heterocycles. The molecule has 0 saturated heterocycles. The molecule has 0 atom stereocenters. The van der Waals surface area contributed by atoms with Crippen LogP contribution >= 0.6 is 0 Å². The Kier molecular flexibility index (Phi) is 2.68. The van der Waals surface area contributed by atoms with Crippen molar-refractivity contribution < 1.29 is 9.90 Å². The minimum atomic E-state index is -0.963. The van der Waals surface area contributed by atoms with Crippen LogP contribution in [0.2, 0.25) is 0 Å². The standard InChI is InChI=1S/C11H15N3O2/c1-13-10-9(12)8(11(15)16)6-4-2-3-5-7(6)14-10/h2-5,12H2,1H3,(H,13,14)(H,15,16). The number of hydrogen-bond donors (Lipinski definition) is 3. The quantitative estimate of drug-likeness (QED) is 0.700. The number of hydrogen-bond acceptors (Lipinski definition) is 4. The summed E-state index contributed by atoms with van der Waals surface area (Å²) in [5.41, 5.74) is 7.98. The van der Waals surface area contributed by atoms with Crippen LogP contribution in [0, 0.1) is 0 Å². The van der Waals surface area contributed by atoms with Crippen LogP contribution in [0.25, 0.3) is 0 Å². The van der Waals surface area contributed by atoms with E-state index in [1.165, 1.54) is 0 Å². The third kappa shape index (κ3) is 1.58. The first kappa shape index (κ1) is 10.7. The van der Waals surface area contributed by atoms with Gasteiger partial charge >= 0.3 is 5.97 Å². The van der Waals surface area contributed by atoms with Gasteiger partial charge in [0.2, 0.25) is 0 Å². The van der Waals surface area contributed by atoms with Gasteiger partial charge < -0.3 is 16.2 Å². The summed E-state index contributed by atoms with van der Waals surface area (Å²) in [6.07, 6.45) is 3.67. The summed E-state index contributed by atoms with van der Waals surface area (Å²) in [7, 11) is 1.69. The molecule has 0 aromatic carbocycles. The number of carbonyl (C=O) groups is 1. The molecule has 2 rings (SSSR count). The van der Waals surface area contributed by atoms with Gasteiger partial charge in [0.15, 0.2) is 0 Å². The molecule has 0 saturated carbocycles. The fraction of sp³-hybridized carbons (Fsp3) is 0.455. The van der Waals surface area contributed by atoms with Gasteiger partial charge in [-0.15, -0.1) is 0 Å². The molecule has 5 heteroatoms. The van der Waals surface area contributed by atoms with Gasteiger partial charge in [0.05, 0.1) is 11.3 Å². The number of aromatic nitrogens is 1. The van der Waals surface area contributed by atoms with Gasteiger partial charge in [-0.3, -0.25) is 0 Å². The number of fused-ring (bicyclic) bond motifs is 1. The molecule has 1 aliphatic carbocycles. The van der Waals surface area contributed by atoms with E-state index in [2.05, 4.69) is 10.3 Å². The fourth-order valence-corrected chi connectivity index (χ4v) is 2.19. The number of aryl methyl sites for hydroxylation is 1. The smallest absolute Gasteiger partial charge is 0.338 e. The Labute approximate surface area is 93.7 Å². The molecule has 0 unspecified atom stereocenters. The van der Waals surface area contributed by atoms with Crippen molar-refractivity contribution in [1.29, 1.82) is 0 Å². The first-order valence-electron chi connectivity index (χ1n) is 5.37. The summed E-state index contributed by atoms with van der Waals surface area (Å²) in [5.74, 6) is -0.493. The molecule has 86 valence electrons. The second-order valence-corrected chi connectivity index (χ2v) is 3.94. The Morgan fingerprint density at radius 2 is 2.12 bits per heavy atom. The van der Waals surface area contributed by atoms with Crippen LogP contribution in [0.15, 0.2) is 0 Å². The lowest BCUT2D eigenvalue weighted by atomic mass is 9.91. The van der Waals surface area contributed by atoms with Crippen molar-refractivity contribution in [2.75, 3.05) is 18.1 Å². The summed E-state index contributed by atoms with van der Waals surface area (Å²) in [6, 6.07) is 0. The lowest BCUT2D eigenvalue weighted by molar-refractivity contribution is 0.0696. The summed E-state index contributed by atoms with van der Waals surface area (Å²) >= 11 is 0. The van der Waals surface area contributed by atoms with Crippen LogP contribution in [0.5, 0.6) is 0 Å². The van der Waals surface area contributed by atoms with Crippen LogP contribution < -0.4 is 11.1 Å². The van der Waals surface area contributed by atoms with E-state index in [0.29, 0.717) is 5.82 Å². The second kappa shape index (κ2) is 4.00. The number of carboxylic acids is 1. The summed E-state index contributed by atoms with van der Waals surface area (Å²) < 4.78 is 0. The lowest BCUT2D eigenvalue weighted by Crippen LogP contribution is -2.17. The zero-order chi connectivity index (χ0) is 11.7. The minimum Gasteiger partial charge on any atom is -0.478 e. The zero-order valence-electron chi connectivity index (χ0n) is 9.21. The van der Waals surface area contributed by atoms with Gasteiger partial charge in [-0.05, 0) is 31.2 Å². The Morgan fingerprint density at radius 3 is 2.75 bits per heavy atom. The third-order valence-corrected chi connectivity index (χ3v) is 2.96. The average molecular weight is 221 g/mol. The molecule has 0 amide bonds. The normalized spacial score (nSPS) is 14.3. The summed E-state index contributed by atoms with van der Waals surface area (Å²) in [6.45, 7) is 0. The average Bonchev–Trinajstić information content (AvgIpc) is 2.27. The van der Waals surface area contributed by atoms with E-state index in [0.717, 1.165) is 36.9 Å². The maximum atomic E-state index is 11.2. The SMILES string of the molecule is CNc1nc2c(c(C(=O)O)c1N)CCCC2. The molecule has 16 heavy (non-hydrogen) atoms. The molecule has 1 heterocycles. The van der Waals surface area contributed by atoms with Crippen LogP contribution in [0.1, 0.15) is 34.5 Å². The summed E-state index contributed by atoms with van der Waals surface area (Å²) in [5, 5.41) is 12.0. The number of carboxylic acid groups (broad SMARTS) is 1. The second-order valence-electron chi connectivity index (χ2n) is 3.94. The highest BCUT2D eigenvalue weighted by Gasteiger charge is 2.23. The van der Waals surface area contributed by atoms with Gasteiger partial charge in [-0.25, -0.2) is 9.78 Å². The molecule has 0 aliphatic heterocycles. The highest BCUT2D eigenvalue weighted by molar-refractivity contribution is 5.98. The van der Waals surface area contributed by atoms with Gasteiger partial charge in [0.1, 0.15) is 5.82 Å². The number of nitrogens with zero attached hydrogens (tertiary/aromatic N) is 1. The molecule has 0 radical (unpaired) electrons. The number of nitrogen functional groups attached to an aromatic ring is 1. The van der Waals surface area contributed by atoms with E-state index in [1.807, 2.05) is 0 Å². The number of anilines is 2. The van der Waals surface area contributed by atoms with Gasteiger partial charge in [-0.2, -0.15) is 0 Å².